The van der Waals surface area contributed by atoms with Crippen LogP contribution in [0, 0.1) is 17.1 Å². The SMILES string of the molecule is N#Cc1ncn(-c2nccc(C(=O)O)c2F)n1. The molecule has 0 unspecified atom stereocenters. The first-order chi connectivity index (χ1) is 8.13. The normalized spacial score (nSPS) is 9.88. The average molecular weight is 233 g/mol. The lowest BCUT2D eigenvalue weighted by atomic mass is 10.2. The first-order valence-corrected chi connectivity index (χ1v) is 4.33. The van der Waals surface area contributed by atoms with Gasteiger partial charge in [0.1, 0.15) is 18.0 Å². The van der Waals surface area contributed by atoms with Crippen LogP contribution in [0.3, 0.4) is 0 Å². The van der Waals surface area contributed by atoms with Crippen LogP contribution in [0.2, 0.25) is 0 Å². The Labute approximate surface area is 93.8 Å². The summed E-state index contributed by atoms with van der Waals surface area (Å²) in [4.78, 5) is 17.9. The van der Waals surface area contributed by atoms with Gasteiger partial charge in [-0.25, -0.2) is 19.2 Å². The van der Waals surface area contributed by atoms with Gasteiger partial charge in [-0.2, -0.15) is 9.94 Å². The van der Waals surface area contributed by atoms with E-state index < -0.39 is 17.3 Å². The molecule has 2 heterocycles. The third-order valence-corrected chi connectivity index (χ3v) is 1.91. The molecule has 0 saturated carbocycles. The third kappa shape index (κ3) is 1.81. The summed E-state index contributed by atoms with van der Waals surface area (Å²) in [6, 6.07) is 2.70. The number of carbonyl (C=O) groups is 1. The van der Waals surface area contributed by atoms with Crippen molar-refractivity contribution in [2.75, 3.05) is 0 Å². The lowest BCUT2D eigenvalue weighted by Gasteiger charge is -2.02. The minimum Gasteiger partial charge on any atom is -0.478 e. The highest BCUT2D eigenvalue weighted by Gasteiger charge is 2.17. The molecule has 0 spiro atoms. The number of pyridine rings is 1. The molecule has 7 nitrogen and oxygen atoms in total. The molecule has 0 aliphatic heterocycles. The van der Waals surface area contributed by atoms with E-state index in [1.807, 2.05) is 0 Å². The van der Waals surface area contributed by atoms with Crippen molar-refractivity contribution in [3.63, 3.8) is 0 Å². The van der Waals surface area contributed by atoms with Crippen molar-refractivity contribution in [2.24, 2.45) is 0 Å². The molecule has 0 atom stereocenters. The van der Waals surface area contributed by atoms with Gasteiger partial charge in [0.15, 0.2) is 11.6 Å². The third-order valence-electron chi connectivity index (χ3n) is 1.91. The Hall–Kier alpha value is -2.82. The van der Waals surface area contributed by atoms with E-state index in [-0.39, 0.29) is 11.6 Å². The van der Waals surface area contributed by atoms with Gasteiger partial charge < -0.3 is 5.11 Å². The second-order valence-electron chi connectivity index (χ2n) is 2.93. The van der Waals surface area contributed by atoms with Crippen molar-refractivity contribution in [1.29, 1.82) is 5.26 Å². The summed E-state index contributed by atoms with van der Waals surface area (Å²) in [5, 5.41) is 20.8. The molecule has 0 amide bonds. The summed E-state index contributed by atoms with van der Waals surface area (Å²) >= 11 is 0. The quantitative estimate of drug-likeness (QED) is 0.803. The van der Waals surface area contributed by atoms with Crippen LogP contribution in [0.25, 0.3) is 5.82 Å². The van der Waals surface area contributed by atoms with Gasteiger partial charge in [-0.05, 0) is 6.07 Å². The highest BCUT2D eigenvalue weighted by molar-refractivity contribution is 5.88. The molecule has 2 aromatic rings. The number of halogens is 1. The van der Waals surface area contributed by atoms with Crippen LogP contribution in [-0.4, -0.2) is 30.8 Å². The van der Waals surface area contributed by atoms with Gasteiger partial charge in [-0.15, -0.1) is 5.10 Å². The molecule has 1 N–H and O–H groups in total. The fraction of sp³-hybridized carbons (Fsp3) is 0. The van der Waals surface area contributed by atoms with Crippen molar-refractivity contribution in [1.82, 2.24) is 19.7 Å². The maximum atomic E-state index is 13.7. The van der Waals surface area contributed by atoms with E-state index in [4.69, 9.17) is 10.4 Å². The summed E-state index contributed by atoms with van der Waals surface area (Å²) in [5.74, 6) is -2.92. The molecule has 0 aromatic carbocycles. The number of carboxylic acids is 1. The van der Waals surface area contributed by atoms with Crippen molar-refractivity contribution in [3.05, 3.63) is 35.8 Å². The smallest absolute Gasteiger partial charge is 0.338 e. The minimum absolute atomic E-state index is 0.160. The number of hydrogen-bond donors (Lipinski definition) is 1. The van der Waals surface area contributed by atoms with Gasteiger partial charge in [0.2, 0.25) is 0 Å². The largest absolute Gasteiger partial charge is 0.478 e. The standard InChI is InChI=1S/C9H4FN5O2/c10-7-5(9(16)17)1-2-12-8(7)15-4-13-6(3-11)14-15/h1-2,4H,(H,16,17). The van der Waals surface area contributed by atoms with Gasteiger partial charge in [0.25, 0.3) is 5.82 Å². The first-order valence-electron chi connectivity index (χ1n) is 4.33. The second kappa shape index (κ2) is 3.97. The zero-order valence-corrected chi connectivity index (χ0v) is 8.20. The molecule has 2 rings (SSSR count). The van der Waals surface area contributed by atoms with E-state index in [9.17, 15) is 9.18 Å². The van der Waals surface area contributed by atoms with E-state index >= 15 is 0 Å². The summed E-state index contributed by atoms with van der Waals surface area (Å²) in [5.41, 5.74) is -0.524. The second-order valence-corrected chi connectivity index (χ2v) is 2.93. The maximum Gasteiger partial charge on any atom is 0.338 e. The summed E-state index contributed by atoms with van der Waals surface area (Å²) < 4.78 is 14.6. The molecule has 0 radical (unpaired) electrons. The molecule has 2 aromatic heterocycles. The molecule has 0 aliphatic rings. The van der Waals surface area contributed by atoms with E-state index in [2.05, 4.69) is 15.1 Å². The van der Waals surface area contributed by atoms with Crippen molar-refractivity contribution in [3.8, 4) is 11.9 Å². The summed E-state index contributed by atoms with van der Waals surface area (Å²) in [6.07, 6.45) is 2.21. The van der Waals surface area contributed by atoms with Crippen LogP contribution < -0.4 is 0 Å². The van der Waals surface area contributed by atoms with E-state index in [1.165, 1.54) is 0 Å². The van der Waals surface area contributed by atoms with Gasteiger partial charge in [0, 0.05) is 6.20 Å². The zero-order chi connectivity index (χ0) is 12.4. The van der Waals surface area contributed by atoms with Crippen LogP contribution in [0.5, 0.6) is 0 Å². The van der Waals surface area contributed by atoms with Gasteiger partial charge in [0.05, 0.1) is 0 Å². The highest BCUT2D eigenvalue weighted by Crippen LogP contribution is 2.13. The predicted octanol–water partition coefficient (Wildman–Crippen LogP) is 0.371. The van der Waals surface area contributed by atoms with Crippen LogP contribution in [0.15, 0.2) is 18.6 Å². The fourth-order valence-electron chi connectivity index (χ4n) is 1.17. The highest BCUT2D eigenvalue weighted by atomic mass is 19.1. The zero-order valence-electron chi connectivity index (χ0n) is 8.20. The number of nitrogens with zero attached hydrogens (tertiary/aromatic N) is 5. The van der Waals surface area contributed by atoms with Gasteiger partial charge in [-0.3, -0.25) is 0 Å². The van der Waals surface area contributed by atoms with Crippen molar-refractivity contribution >= 4 is 5.97 Å². The Morgan fingerprint density at radius 3 is 2.88 bits per heavy atom. The molecular formula is C9H4FN5O2. The number of carboxylic acid groups (broad SMARTS) is 1. The van der Waals surface area contributed by atoms with Crippen LogP contribution >= 0.6 is 0 Å². The number of nitriles is 1. The van der Waals surface area contributed by atoms with E-state index in [0.29, 0.717) is 0 Å². The number of aromatic carboxylic acids is 1. The van der Waals surface area contributed by atoms with Crippen LogP contribution in [0.4, 0.5) is 4.39 Å². The number of hydrogen-bond acceptors (Lipinski definition) is 5. The average Bonchev–Trinajstić information content (AvgIpc) is 2.77. The molecule has 0 saturated heterocycles. The Bertz CT molecular complexity index is 631. The fourth-order valence-corrected chi connectivity index (χ4v) is 1.17. The number of rotatable bonds is 2. The Balaban J connectivity index is 2.57. The molecular weight excluding hydrogens is 229 g/mol. The lowest BCUT2D eigenvalue weighted by Crippen LogP contribution is -2.08. The van der Waals surface area contributed by atoms with E-state index in [0.717, 1.165) is 23.3 Å². The maximum absolute atomic E-state index is 13.7. The Morgan fingerprint density at radius 1 is 1.53 bits per heavy atom. The minimum atomic E-state index is -1.41. The molecule has 0 aliphatic carbocycles. The number of aromatic nitrogens is 4. The molecule has 8 heteroatoms. The molecule has 0 fully saturated rings. The summed E-state index contributed by atoms with van der Waals surface area (Å²) in [6.45, 7) is 0. The Kier molecular flexibility index (Phi) is 2.50. The van der Waals surface area contributed by atoms with Gasteiger partial charge >= 0.3 is 5.97 Å². The predicted molar refractivity (Wildman–Crippen MR) is 50.8 cm³/mol. The monoisotopic (exact) mass is 233 g/mol. The topological polar surface area (TPSA) is 105 Å². The van der Waals surface area contributed by atoms with Gasteiger partial charge in [-0.1, -0.05) is 0 Å². The Morgan fingerprint density at radius 2 is 2.29 bits per heavy atom. The van der Waals surface area contributed by atoms with Crippen LogP contribution in [-0.2, 0) is 0 Å². The molecule has 17 heavy (non-hydrogen) atoms. The molecule has 0 bridgehead atoms. The lowest BCUT2D eigenvalue weighted by molar-refractivity contribution is 0.0691. The first kappa shape index (κ1) is 10.7. The summed E-state index contributed by atoms with van der Waals surface area (Å²) in [7, 11) is 0. The van der Waals surface area contributed by atoms with E-state index in [1.54, 1.807) is 6.07 Å². The van der Waals surface area contributed by atoms with Crippen molar-refractivity contribution < 1.29 is 14.3 Å². The van der Waals surface area contributed by atoms with Crippen molar-refractivity contribution in [2.45, 2.75) is 0 Å². The molecule has 84 valence electrons. The van der Waals surface area contributed by atoms with Crippen LogP contribution in [0.1, 0.15) is 16.2 Å².